The number of aryl methyl sites for hydroxylation is 1. The van der Waals surface area contributed by atoms with Crippen molar-refractivity contribution in [2.75, 3.05) is 7.11 Å². The minimum atomic E-state index is -0.654. The van der Waals surface area contributed by atoms with E-state index in [1.165, 1.54) is 6.42 Å². The van der Waals surface area contributed by atoms with Crippen molar-refractivity contribution in [3.63, 3.8) is 0 Å². The van der Waals surface area contributed by atoms with E-state index in [9.17, 15) is 9.90 Å². The molecule has 6 heteroatoms. The van der Waals surface area contributed by atoms with Crippen LogP contribution in [-0.2, 0) is 16.1 Å². The number of aromatic nitrogens is 1. The number of hydrogen-bond donors (Lipinski definition) is 1. The van der Waals surface area contributed by atoms with Crippen molar-refractivity contribution in [1.82, 2.24) is 4.98 Å². The highest BCUT2D eigenvalue weighted by atomic mass is 16.5. The van der Waals surface area contributed by atoms with E-state index in [1.807, 2.05) is 38.1 Å². The maximum atomic E-state index is 11.4. The summed E-state index contributed by atoms with van der Waals surface area (Å²) >= 11 is 0. The van der Waals surface area contributed by atoms with Crippen LogP contribution in [0.5, 0.6) is 5.75 Å². The SMILES string of the molecule is CCCC(CCC1CCCC(OCc2nc(-c3cccc(OC)c3)oc2C)C1)C(=O)O. The van der Waals surface area contributed by atoms with E-state index in [-0.39, 0.29) is 12.0 Å². The van der Waals surface area contributed by atoms with Gasteiger partial charge in [0.15, 0.2) is 0 Å². The number of benzene rings is 1. The lowest BCUT2D eigenvalue weighted by Gasteiger charge is -2.29. The molecule has 1 saturated carbocycles. The summed E-state index contributed by atoms with van der Waals surface area (Å²) in [5, 5.41) is 9.39. The van der Waals surface area contributed by atoms with E-state index in [4.69, 9.17) is 13.9 Å². The largest absolute Gasteiger partial charge is 0.497 e. The zero-order valence-corrected chi connectivity index (χ0v) is 18.9. The van der Waals surface area contributed by atoms with Gasteiger partial charge in [-0.3, -0.25) is 4.79 Å². The van der Waals surface area contributed by atoms with E-state index < -0.39 is 5.97 Å². The molecule has 1 aliphatic carbocycles. The minimum absolute atomic E-state index is 0.199. The first-order valence-corrected chi connectivity index (χ1v) is 11.4. The number of carboxylic acids is 1. The van der Waals surface area contributed by atoms with Gasteiger partial charge in [-0.05, 0) is 63.1 Å². The minimum Gasteiger partial charge on any atom is -0.497 e. The summed E-state index contributed by atoms with van der Waals surface area (Å²) in [4.78, 5) is 16.1. The van der Waals surface area contributed by atoms with Crippen LogP contribution in [0.1, 0.15) is 69.7 Å². The molecule has 0 bridgehead atoms. The van der Waals surface area contributed by atoms with Crippen molar-refractivity contribution in [1.29, 1.82) is 0 Å². The molecule has 31 heavy (non-hydrogen) atoms. The second-order valence-electron chi connectivity index (χ2n) is 8.62. The number of nitrogens with zero attached hydrogens (tertiary/aromatic N) is 1. The van der Waals surface area contributed by atoms with Crippen LogP contribution in [0.2, 0.25) is 0 Å². The summed E-state index contributed by atoms with van der Waals surface area (Å²) < 4.78 is 17.4. The molecule has 3 unspecified atom stereocenters. The molecule has 2 aromatic rings. The Morgan fingerprint density at radius 2 is 2.16 bits per heavy atom. The Bertz CT molecular complexity index is 846. The van der Waals surface area contributed by atoms with Gasteiger partial charge in [0, 0.05) is 5.56 Å². The average molecular weight is 430 g/mol. The summed E-state index contributed by atoms with van der Waals surface area (Å²) in [5.74, 6) is 1.80. The van der Waals surface area contributed by atoms with Crippen LogP contribution in [0, 0.1) is 18.8 Å². The number of hydrogen-bond acceptors (Lipinski definition) is 5. The maximum Gasteiger partial charge on any atom is 0.306 e. The Hall–Kier alpha value is -2.34. The van der Waals surface area contributed by atoms with Crippen LogP contribution in [0.4, 0.5) is 0 Å². The van der Waals surface area contributed by atoms with Crippen LogP contribution in [-0.4, -0.2) is 29.3 Å². The van der Waals surface area contributed by atoms with Crippen molar-refractivity contribution in [3.05, 3.63) is 35.7 Å². The van der Waals surface area contributed by atoms with Gasteiger partial charge in [0.25, 0.3) is 0 Å². The number of ether oxygens (including phenoxy) is 2. The summed E-state index contributed by atoms with van der Waals surface area (Å²) in [6.45, 7) is 4.40. The summed E-state index contributed by atoms with van der Waals surface area (Å²) in [5.41, 5.74) is 1.71. The fourth-order valence-corrected chi connectivity index (χ4v) is 4.47. The van der Waals surface area contributed by atoms with Crippen molar-refractivity contribution in [3.8, 4) is 17.2 Å². The molecule has 0 spiro atoms. The van der Waals surface area contributed by atoms with Gasteiger partial charge < -0.3 is 19.0 Å². The van der Waals surface area contributed by atoms with Gasteiger partial charge in [-0.1, -0.05) is 32.3 Å². The fraction of sp³-hybridized carbons (Fsp3) is 0.600. The molecule has 3 rings (SSSR count). The third-order valence-corrected chi connectivity index (χ3v) is 6.31. The number of aliphatic carboxylic acids is 1. The molecule has 3 atom stereocenters. The standard InChI is InChI=1S/C25H35NO5/c1-4-7-19(25(27)28)13-12-18-8-5-11-22(14-18)30-16-23-17(2)31-24(26-23)20-9-6-10-21(15-20)29-3/h6,9-10,15,18-19,22H,4-5,7-8,11-14,16H2,1-3H3,(H,27,28). The molecule has 0 saturated heterocycles. The predicted molar refractivity (Wildman–Crippen MR) is 119 cm³/mol. The molecule has 1 aliphatic rings. The number of carboxylic acid groups (broad SMARTS) is 1. The second-order valence-corrected chi connectivity index (χ2v) is 8.62. The van der Waals surface area contributed by atoms with E-state index in [0.29, 0.717) is 18.4 Å². The van der Waals surface area contributed by atoms with E-state index in [0.717, 1.165) is 67.7 Å². The van der Waals surface area contributed by atoms with Gasteiger partial charge in [-0.2, -0.15) is 0 Å². The van der Waals surface area contributed by atoms with Crippen LogP contribution in [0.25, 0.3) is 11.5 Å². The molecule has 170 valence electrons. The number of rotatable bonds is 11. The normalized spacial score (nSPS) is 19.8. The van der Waals surface area contributed by atoms with Gasteiger partial charge in [0.1, 0.15) is 17.2 Å². The van der Waals surface area contributed by atoms with Crippen LogP contribution in [0.3, 0.4) is 0 Å². The van der Waals surface area contributed by atoms with E-state index in [2.05, 4.69) is 4.98 Å². The van der Waals surface area contributed by atoms with Gasteiger partial charge >= 0.3 is 5.97 Å². The highest BCUT2D eigenvalue weighted by molar-refractivity contribution is 5.69. The molecule has 0 aliphatic heterocycles. The van der Waals surface area contributed by atoms with Crippen LogP contribution < -0.4 is 4.74 Å². The first kappa shape index (κ1) is 23.3. The van der Waals surface area contributed by atoms with E-state index >= 15 is 0 Å². The Morgan fingerprint density at radius 1 is 1.32 bits per heavy atom. The summed E-state index contributed by atoms with van der Waals surface area (Å²) in [6.07, 6.45) is 7.97. The molecule has 6 nitrogen and oxygen atoms in total. The molecular weight excluding hydrogens is 394 g/mol. The topological polar surface area (TPSA) is 81.8 Å². The molecule has 1 aromatic carbocycles. The molecular formula is C25H35NO5. The lowest BCUT2D eigenvalue weighted by molar-refractivity contribution is -0.142. The van der Waals surface area contributed by atoms with Gasteiger partial charge in [-0.15, -0.1) is 0 Å². The highest BCUT2D eigenvalue weighted by Crippen LogP contribution is 2.32. The smallest absolute Gasteiger partial charge is 0.306 e. The third-order valence-electron chi connectivity index (χ3n) is 6.31. The molecule has 1 fully saturated rings. The van der Waals surface area contributed by atoms with Gasteiger partial charge in [0.2, 0.25) is 5.89 Å². The zero-order chi connectivity index (χ0) is 22.2. The maximum absolute atomic E-state index is 11.4. The van der Waals surface area contributed by atoms with Crippen molar-refractivity contribution >= 4 is 5.97 Å². The van der Waals surface area contributed by atoms with Crippen molar-refractivity contribution < 1.29 is 23.8 Å². The Kier molecular flexibility index (Phi) is 8.52. The average Bonchev–Trinajstić information content (AvgIpc) is 3.16. The Labute approximate surface area is 185 Å². The first-order valence-electron chi connectivity index (χ1n) is 11.4. The second kappa shape index (κ2) is 11.3. The van der Waals surface area contributed by atoms with Gasteiger partial charge in [0.05, 0.1) is 25.7 Å². The zero-order valence-electron chi connectivity index (χ0n) is 18.9. The fourth-order valence-electron chi connectivity index (χ4n) is 4.47. The Morgan fingerprint density at radius 3 is 2.90 bits per heavy atom. The molecule has 1 N–H and O–H groups in total. The van der Waals surface area contributed by atoms with Crippen molar-refractivity contribution in [2.45, 2.75) is 77.9 Å². The summed E-state index contributed by atoms with van der Waals surface area (Å²) in [7, 11) is 1.64. The lowest BCUT2D eigenvalue weighted by atomic mass is 9.82. The lowest BCUT2D eigenvalue weighted by Crippen LogP contribution is -2.24. The molecule has 0 amide bonds. The van der Waals surface area contributed by atoms with E-state index in [1.54, 1.807) is 7.11 Å². The first-order chi connectivity index (χ1) is 15.0. The van der Waals surface area contributed by atoms with Gasteiger partial charge in [-0.25, -0.2) is 4.98 Å². The number of methoxy groups -OCH3 is 1. The van der Waals surface area contributed by atoms with Crippen molar-refractivity contribution in [2.24, 2.45) is 11.8 Å². The van der Waals surface area contributed by atoms with Crippen LogP contribution >= 0.6 is 0 Å². The molecule has 0 radical (unpaired) electrons. The number of carbonyl (C=O) groups is 1. The quantitative estimate of drug-likeness (QED) is 0.471. The monoisotopic (exact) mass is 429 g/mol. The predicted octanol–water partition coefficient (Wildman–Crippen LogP) is 6.02. The Balaban J connectivity index is 1.52. The number of oxazole rings is 1. The molecule has 1 aromatic heterocycles. The van der Waals surface area contributed by atoms with Crippen LogP contribution in [0.15, 0.2) is 28.7 Å². The highest BCUT2D eigenvalue weighted by Gasteiger charge is 2.25. The summed E-state index contributed by atoms with van der Waals surface area (Å²) in [6, 6.07) is 7.67. The third kappa shape index (κ3) is 6.57. The molecule has 1 heterocycles.